The van der Waals surface area contributed by atoms with E-state index in [1.807, 2.05) is 20.8 Å². The lowest BCUT2D eigenvalue weighted by molar-refractivity contribution is -0.119. The van der Waals surface area contributed by atoms with Gasteiger partial charge in [0.2, 0.25) is 5.91 Å². The lowest BCUT2D eigenvalue weighted by Gasteiger charge is -2.14. The fourth-order valence-electron chi connectivity index (χ4n) is 1.82. The van der Waals surface area contributed by atoms with Crippen LogP contribution in [-0.4, -0.2) is 18.6 Å². The first kappa shape index (κ1) is 13.5. The van der Waals surface area contributed by atoms with E-state index in [0.29, 0.717) is 13.0 Å². The van der Waals surface area contributed by atoms with Gasteiger partial charge in [0.25, 0.3) is 0 Å². The van der Waals surface area contributed by atoms with Crippen LogP contribution < -0.4 is 16.2 Å². The number of hydrogen-bond donors (Lipinski definition) is 2. The number of nitrogens with two attached hydrogens (primary N) is 2. The van der Waals surface area contributed by atoms with Crippen molar-refractivity contribution in [3.05, 3.63) is 28.8 Å². The molecule has 1 aromatic carbocycles. The van der Waals surface area contributed by atoms with Gasteiger partial charge in [0.15, 0.2) is 0 Å². The Morgan fingerprint density at radius 1 is 1.29 bits per heavy atom. The summed E-state index contributed by atoms with van der Waals surface area (Å²) in [5, 5.41) is 0. The van der Waals surface area contributed by atoms with Gasteiger partial charge in [0.05, 0.1) is 12.6 Å². The Morgan fingerprint density at radius 2 is 1.82 bits per heavy atom. The van der Waals surface area contributed by atoms with Gasteiger partial charge in [-0.25, -0.2) is 0 Å². The second kappa shape index (κ2) is 5.68. The van der Waals surface area contributed by atoms with Gasteiger partial charge in [-0.1, -0.05) is 17.7 Å². The largest absolute Gasteiger partial charge is 0.493 e. The van der Waals surface area contributed by atoms with Crippen LogP contribution >= 0.6 is 0 Å². The van der Waals surface area contributed by atoms with Gasteiger partial charge in [-0.2, -0.15) is 0 Å². The van der Waals surface area contributed by atoms with E-state index in [4.69, 9.17) is 16.2 Å². The minimum atomic E-state index is -0.638. The molecule has 4 nitrogen and oxygen atoms in total. The van der Waals surface area contributed by atoms with E-state index in [2.05, 4.69) is 12.1 Å². The summed E-state index contributed by atoms with van der Waals surface area (Å²) in [6, 6.07) is 3.49. The average molecular weight is 236 g/mol. The third-order valence-electron chi connectivity index (χ3n) is 2.65. The third kappa shape index (κ3) is 3.75. The number of primary amides is 1. The Hall–Kier alpha value is -1.55. The lowest BCUT2D eigenvalue weighted by atomic mass is 10.1. The van der Waals surface area contributed by atoms with Crippen molar-refractivity contribution in [3.63, 3.8) is 0 Å². The average Bonchev–Trinajstić information content (AvgIpc) is 2.21. The molecule has 4 N–H and O–H groups in total. The second-order valence-corrected chi connectivity index (χ2v) is 4.37. The maximum atomic E-state index is 10.8. The summed E-state index contributed by atoms with van der Waals surface area (Å²) >= 11 is 0. The van der Waals surface area contributed by atoms with Crippen LogP contribution in [0, 0.1) is 20.8 Å². The highest BCUT2D eigenvalue weighted by Gasteiger charge is 2.10. The number of amides is 1. The zero-order chi connectivity index (χ0) is 13.0. The number of ether oxygens (including phenoxy) is 1. The van der Waals surface area contributed by atoms with Crippen LogP contribution in [0.2, 0.25) is 0 Å². The van der Waals surface area contributed by atoms with Gasteiger partial charge in [0, 0.05) is 6.42 Å². The molecule has 1 aromatic rings. The van der Waals surface area contributed by atoms with Crippen LogP contribution in [0.1, 0.15) is 23.1 Å². The number of benzene rings is 1. The number of rotatable bonds is 5. The number of hydrogen-bond acceptors (Lipinski definition) is 3. The fourth-order valence-corrected chi connectivity index (χ4v) is 1.82. The van der Waals surface area contributed by atoms with Crippen LogP contribution in [0.4, 0.5) is 0 Å². The first-order valence-electron chi connectivity index (χ1n) is 5.67. The van der Waals surface area contributed by atoms with Crippen molar-refractivity contribution in [3.8, 4) is 5.75 Å². The van der Waals surface area contributed by atoms with Gasteiger partial charge in [0.1, 0.15) is 5.75 Å². The number of carbonyl (C=O) groups is 1. The molecule has 0 radical (unpaired) electrons. The monoisotopic (exact) mass is 236 g/mol. The molecule has 94 valence electrons. The molecule has 17 heavy (non-hydrogen) atoms. The highest BCUT2D eigenvalue weighted by atomic mass is 16.5. The van der Waals surface area contributed by atoms with E-state index in [1.165, 1.54) is 5.56 Å². The number of carbonyl (C=O) groups excluding carboxylic acids is 1. The standard InChI is InChI=1S/C13H20N2O2/c1-8-6-9(2)12(10(3)7-8)17-5-4-11(14)13(15)16/h6-7,11H,4-5,14H2,1-3H3,(H2,15,16). The zero-order valence-electron chi connectivity index (χ0n) is 10.6. The maximum Gasteiger partial charge on any atom is 0.234 e. The molecule has 0 saturated carbocycles. The quantitative estimate of drug-likeness (QED) is 0.806. The summed E-state index contributed by atoms with van der Waals surface area (Å²) in [5.74, 6) is 0.373. The van der Waals surface area contributed by atoms with Crippen LogP contribution in [0.5, 0.6) is 5.75 Å². The van der Waals surface area contributed by atoms with Crippen LogP contribution in [0.3, 0.4) is 0 Å². The summed E-state index contributed by atoms with van der Waals surface area (Å²) in [6.45, 7) is 6.45. The van der Waals surface area contributed by atoms with Crippen molar-refractivity contribution in [1.29, 1.82) is 0 Å². The van der Waals surface area contributed by atoms with E-state index >= 15 is 0 Å². The second-order valence-electron chi connectivity index (χ2n) is 4.37. The summed E-state index contributed by atoms with van der Waals surface area (Å²) in [6.07, 6.45) is 0.433. The predicted octanol–water partition coefficient (Wildman–Crippen LogP) is 1.19. The van der Waals surface area contributed by atoms with Crippen molar-refractivity contribution >= 4 is 5.91 Å². The zero-order valence-corrected chi connectivity index (χ0v) is 10.6. The Morgan fingerprint density at radius 3 is 2.29 bits per heavy atom. The normalized spacial score (nSPS) is 12.2. The van der Waals surface area contributed by atoms with Gasteiger partial charge in [-0.05, 0) is 31.9 Å². The van der Waals surface area contributed by atoms with Crippen molar-refractivity contribution in [1.82, 2.24) is 0 Å². The molecule has 1 unspecified atom stereocenters. The number of aryl methyl sites for hydroxylation is 3. The SMILES string of the molecule is Cc1cc(C)c(OCCC(N)C(N)=O)c(C)c1. The molecular formula is C13H20N2O2. The van der Waals surface area contributed by atoms with Crippen molar-refractivity contribution in [2.24, 2.45) is 11.5 Å². The minimum Gasteiger partial charge on any atom is -0.493 e. The highest BCUT2D eigenvalue weighted by molar-refractivity contribution is 5.79. The molecule has 4 heteroatoms. The lowest BCUT2D eigenvalue weighted by Crippen LogP contribution is -2.37. The first-order chi connectivity index (χ1) is 7.91. The molecule has 0 aliphatic rings. The molecule has 0 bridgehead atoms. The Kier molecular flexibility index (Phi) is 4.52. The summed E-state index contributed by atoms with van der Waals surface area (Å²) in [7, 11) is 0. The topological polar surface area (TPSA) is 78.3 Å². The predicted molar refractivity (Wildman–Crippen MR) is 67.9 cm³/mol. The molecule has 1 rings (SSSR count). The summed E-state index contributed by atoms with van der Waals surface area (Å²) < 4.78 is 5.66. The fraction of sp³-hybridized carbons (Fsp3) is 0.462. The van der Waals surface area contributed by atoms with E-state index in [1.54, 1.807) is 0 Å². The van der Waals surface area contributed by atoms with E-state index < -0.39 is 11.9 Å². The van der Waals surface area contributed by atoms with E-state index in [0.717, 1.165) is 16.9 Å². The molecule has 0 aliphatic heterocycles. The molecule has 1 atom stereocenters. The summed E-state index contributed by atoms with van der Waals surface area (Å²) in [4.78, 5) is 10.8. The minimum absolute atomic E-state index is 0.398. The smallest absolute Gasteiger partial charge is 0.234 e. The van der Waals surface area contributed by atoms with Gasteiger partial charge < -0.3 is 16.2 Å². The van der Waals surface area contributed by atoms with Crippen molar-refractivity contribution in [2.45, 2.75) is 33.2 Å². The van der Waals surface area contributed by atoms with E-state index in [9.17, 15) is 4.79 Å². The Balaban J connectivity index is 2.61. The van der Waals surface area contributed by atoms with Gasteiger partial charge in [-0.15, -0.1) is 0 Å². The third-order valence-corrected chi connectivity index (χ3v) is 2.65. The highest BCUT2D eigenvalue weighted by Crippen LogP contribution is 2.24. The van der Waals surface area contributed by atoms with Crippen LogP contribution in [0.25, 0.3) is 0 Å². The van der Waals surface area contributed by atoms with E-state index in [-0.39, 0.29) is 0 Å². The Bertz CT molecular complexity index is 393. The van der Waals surface area contributed by atoms with Crippen molar-refractivity contribution in [2.75, 3.05) is 6.61 Å². The molecule has 0 saturated heterocycles. The van der Waals surface area contributed by atoms with Crippen LogP contribution in [0.15, 0.2) is 12.1 Å². The molecule has 0 fully saturated rings. The maximum absolute atomic E-state index is 10.8. The molecule has 0 aliphatic carbocycles. The molecule has 0 aromatic heterocycles. The van der Waals surface area contributed by atoms with Crippen LogP contribution in [-0.2, 0) is 4.79 Å². The summed E-state index contributed by atoms with van der Waals surface area (Å²) in [5.41, 5.74) is 14.0. The van der Waals surface area contributed by atoms with Gasteiger partial charge in [-0.3, -0.25) is 4.79 Å². The Labute approximate surface area is 102 Å². The first-order valence-corrected chi connectivity index (χ1v) is 5.67. The molecule has 0 heterocycles. The molecule has 0 spiro atoms. The molecule has 1 amide bonds. The van der Waals surface area contributed by atoms with Crippen molar-refractivity contribution < 1.29 is 9.53 Å². The van der Waals surface area contributed by atoms with Gasteiger partial charge >= 0.3 is 0 Å². The molecular weight excluding hydrogens is 216 g/mol.